The highest BCUT2D eigenvalue weighted by Crippen LogP contribution is 2.01. The number of aromatic nitrogens is 2. The number of ether oxygens (including phenoxy) is 2. The van der Waals surface area contributed by atoms with Crippen molar-refractivity contribution in [2.24, 2.45) is 0 Å². The van der Waals surface area contributed by atoms with Crippen LogP contribution in [0.1, 0.15) is 23.8 Å². The monoisotopic (exact) mass is 282 g/mol. The van der Waals surface area contributed by atoms with Crippen molar-refractivity contribution >= 4 is 11.7 Å². The topological polar surface area (TPSA) is 85.4 Å². The van der Waals surface area contributed by atoms with Gasteiger partial charge in [-0.15, -0.1) is 0 Å². The second kappa shape index (κ2) is 10.1. The van der Waals surface area contributed by atoms with Crippen molar-refractivity contribution in [3.05, 3.63) is 18.1 Å². The van der Waals surface area contributed by atoms with E-state index in [1.165, 1.54) is 6.20 Å². The van der Waals surface area contributed by atoms with Crippen molar-refractivity contribution in [2.75, 3.05) is 45.3 Å². The molecular weight excluding hydrogens is 260 g/mol. The third-order valence-corrected chi connectivity index (χ3v) is 2.41. The molecule has 1 aromatic rings. The van der Waals surface area contributed by atoms with Gasteiger partial charge in [-0.1, -0.05) is 0 Å². The van der Waals surface area contributed by atoms with Crippen molar-refractivity contribution in [3.8, 4) is 0 Å². The van der Waals surface area contributed by atoms with E-state index in [0.717, 1.165) is 13.0 Å². The summed E-state index contributed by atoms with van der Waals surface area (Å²) < 4.78 is 10.2. The summed E-state index contributed by atoms with van der Waals surface area (Å²) in [4.78, 5) is 20.0. The van der Waals surface area contributed by atoms with Gasteiger partial charge in [-0.2, -0.15) is 0 Å². The van der Waals surface area contributed by atoms with E-state index in [2.05, 4.69) is 20.6 Å². The lowest BCUT2D eigenvalue weighted by atomic mass is 10.4. The van der Waals surface area contributed by atoms with Gasteiger partial charge in [-0.25, -0.2) is 4.98 Å². The largest absolute Gasteiger partial charge is 0.382 e. The summed E-state index contributed by atoms with van der Waals surface area (Å²) in [5.41, 5.74) is 0.309. The number of amides is 1. The zero-order valence-corrected chi connectivity index (χ0v) is 12.0. The predicted molar refractivity (Wildman–Crippen MR) is 75.8 cm³/mol. The molecule has 1 heterocycles. The van der Waals surface area contributed by atoms with Crippen molar-refractivity contribution in [1.82, 2.24) is 15.3 Å². The molecular formula is C13H22N4O3. The van der Waals surface area contributed by atoms with E-state index in [1.54, 1.807) is 13.3 Å². The van der Waals surface area contributed by atoms with Gasteiger partial charge in [0.05, 0.1) is 25.6 Å². The highest BCUT2D eigenvalue weighted by atomic mass is 16.5. The first-order chi connectivity index (χ1) is 9.77. The van der Waals surface area contributed by atoms with E-state index < -0.39 is 0 Å². The fourth-order valence-corrected chi connectivity index (χ4v) is 1.45. The van der Waals surface area contributed by atoms with Crippen molar-refractivity contribution in [1.29, 1.82) is 0 Å². The van der Waals surface area contributed by atoms with Crippen LogP contribution in [0, 0.1) is 0 Å². The molecule has 112 valence electrons. The first kappa shape index (κ1) is 16.3. The second-order valence-electron chi connectivity index (χ2n) is 4.03. The van der Waals surface area contributed by atoms with Gasteiger partial charge in [-0.05, 0) is 13.3 Å². The highest BCUT2D eigenvalue weighted by Gasteiger charge is 2.07. The van der Waals surface area contributed by atoms with Crippen LogP contribution in [0.25, 0.3) is 0 Å². The van der Waals surface area contributed by atoms with E-state index in [1.807, 2.05) is 6.92 Å². The summed E-state index contributed by atoms with van der Waals surface area (Å²) in [6, 6.07) is 0. The molecule has 0 unspecified atom stereocenters. The minimum Gasteiger partial charge on any atom is -0.382 e. The second-order valence-corrected chi connectivity index (χ2v) is 4.03. The molecule has 0 spiro atoms. The predicted octanol–water partition coefficient (Wildman–Crippen LogP) is 0.691. The summed E-state index contributed by atoms with van der Waals surface area (Å²) in [5.74, 6) is 0.372. The molecule has 1 aromatic heterocycles. The summed E-state index contributed by atoms with van der Waals surface area (Å²) >= 11 is 0. The van der Waals surface area contributed by atoms with Crippen LogP contribution >= 0.6 is 0 Å². The van der Waals surface area contributed by atoms with Crippen LogP contribution in [0.4, 0.5) is 5.82 Å². The van der Waals surface area contributed by atoms with Gasteiger partial charge in [0.1, 0.15) is 11.5 Å². The summed E-state index contributed by atoms with van der Waals surface area (Å²) in [6.45, 7) is 4.97. The van der Waals surface area contributed by atoms with Crippen LogP contribution in [0.2, 0.25) is 0 Å². The normalized spacial score (nSPS) is 10.3. The third-order valence-electron chi connectivity index (χ3n) is 2.41. The molecule has 1 rings (SSSR count). The Kier molecular flexibility index (Phi) is 8.25. The Morgan fingerprint density at radius 1 is 1.30 bits per heavy atom. The molecule has 0 saturated carbocycles. The first-order valence-corrected chi connectivity index (χ1v) is 6.68. The number of hydrogen-bond acceptors (Lipinski definition) is 6. The smallest absolute Gasteiger partial charge is 0.271 e. The van der Waals surface area contributed by atoms with Crippen LogP contribution in [0.5, 0.6) is 0 Å². The lowest BCUT2D eigenvalue weighted by Crippen LogP contribution is -2.26. The molecule has 0 aliphatic rings. The Balaban J connectivity index is 2.23. The van der Waals surface area contributed by atoms with Gasteiger partial charge >= 0.3 is 0 Å². The summed E-state index contributed by atoms with van der Waals surface area (Å²) in [7, 11) is 1.63. The van der Waals surface area contributed by atoms with Crippen LogP contribution in [0.15, 0.2) is 12.4 Å². The number of nitrogens with one attached hydrogen (secondary N) is 2. The van der Waals surface area contributed by atoms with Gasteiger partial charge in [-0.3, -0.25) is 9.78 Å². The number of carbonyl (C=O) groups is 1. The van der Waals surface area contributed by atoms with Crippen molar-refractivity contribution < 1.29 is 14.3 Å². The molecule has 0 radical (unpaired) electrons. The molecule has 0 bridgehead atoms. The maximum Gasteiger partial charge on any atom is 0.271 e. The maximum atomic E-state index is 11.8. The number of anilines is 1. The molecule has 7 nitrogen and oxygen atoms in total. The lowest BCUT2D eigenvalue weighted by Gasteiger charge is -2.07. The molecule has 1 amide bonds. The number of methoxy groups -OCH3 is 1. The zero-order valence-electron chi connectivity index (χ0n) is 12.0. The van der Waals surface area contributed by atoms with E-state index in [9.17, 15) is 4.79 Å². The summed E-state index contributed by atoms with van der Waals surface area (Å²) in [6.07, 6.45) is 3.78. The highest BCUT2D eigenvalue weighted by molar-refractivity contribution is 5.92. The van der Waals surface area contributed by atoms with Crippen LogP contribution in [0.3, 0.4) is 0 Å². The number of hydrogen-bond donors (Lipinski definition) is 2. The van der Waals surface area contributed by atoms with Crippen LogP contribution in [-0.4, -0.2) is 55.9 Å². The fraction of sp³-hybridized carbons (Fsp3) is 0.615. The number of rotatable bonds is 10. The van der Waals surface area contributed by atoms with Gasteiger partial charge in [0, 0.05) is 26.8 Å². The quantitative estimate of drug-likeness (QED) is 0.614. The molecule has 20 heavy (non-hydrogen) atoms. The minimum absolute atomic E-state index is 0.228. The van der Waals surface area contributed by atoms with Gasteiger partial charge in [0.25, 0.3) is 5.91 Å². The Morgan fingerprint density at radius 3 is 2.90 bits per heavy atom. The molecule has 2 N–H and O–H groups in total. The van der Waals surface area contributed by atoms with E-state index in [-0.39, 0.29) is 5.91 Å². The Morgan fingerprint density at radius 2 is 2.15 bits per heavy atom. The van der Waals surface area contributed by atoms with Gasteiger partial charge in [0.2, 0.25) is 0 Å². The average molecular weight is 282 g/mol. The number of carbonyl (C=O) groups excluding carboxylic acids is 1. The van der Waals surface area contributed by atoms with Crippen molar-refractivity contribution in [2.45, 2.75) is 13.3 Å². The van der Waals surface area contributed by atoms with Crippen molar-refractivity contribution in [3.63, 3.8) is 0 Å². The van der Waals surface area contributed by atoms with Gasteiger partial charge in [0.15, 0.2) is 0 Å². The Hall–Kier alpha value is -1.73. The molecule has 0 aliphatic heterocycles. The lowest BCUT2D eigenvalue weighted by molar-refractivity contribution is 0.0688. The number of nitrogens with zero attached hydrogens (tertiary/aromatic N) is 2. The van der Waals surface area contributed by atoms with E-state index in [4.69, 9.17) is 9.47 Å². The molecule has 0 aliphatic carbocycles. The molecule has 0 atom stereocenters. The average Bonchev–Trinajstić information content (AvgIpc) is 2.47. The molecule has 0 fully saturated rings. The van der Waals surface area contributed by atoms with E-state index in [0.29, 0.717) is 37.9 Å². The molecule has 0 saturated heterocycles. The summed E-state index contributed by atoms with van der Waals surface area (Å²) in [5, 5.41) is 5.79. The Bertz CT molecular complexity index is 401. The zero-order chi connectivity index (χ0) is 14.6. The SMILES string of the molecule is CCNc1cncc(C(=O)NCCCOCCOC)n1. The van der Waals surface area contributed by atoms with Crippen LogP contribution < -0.4 is 10.6 Å². The molecule has 7 heteroatoms. The minimum atomic E-state index is -0.228. The van der Waals surface area contributed by atoms with Gasteiger partial charge < -0.3 is 20.1 Å². The fourth-order valence-electron chi connectivity index (χ4n) is 1.45. The third kappa shape index (κ3) is 6.44. The standard InChI is InChI=1S/C13H22N4O3/c1-3-15-12-10-14-9-11(17-12)13(18)16-5-4-6-20-8-7-19-2/h9-10H,3-8H2,1-2H3,(H,15,17)(H,16,18). The molecule has 0 aromatic carbocycles. The Labute approximate surface area is 119 Å². The van der Waals surface area contributed by atoms with Crippen LogP contribution in [-0.2, 0) is 9.47 Å². The van der Waals surface area contributed by atoms with E-state index >= 15 is 0 Å². The first-order valence-electron chi connectivity index (χ1n) is 6.68. The maximum absolute atomic E-state index is 11.8.